The smallest absolute Gasteiger partial charge is 0.170 e. The van der Waals surface area contributed by atoms with Gasteiger partial charge in [-0.1, -0.05) is 6.07 Å². The van der Waals surface area contributed by atoms with Crippen molar-refractivity contribution in [2.75, 3.05) is 0 Å². The molecule has 0 radical (unpaired) electrons. The van der Waals surface area contributed by atoms with Crippen molar-refractivity contribution in [1.29, 1.82) is 0 Å². The second kappa shape index (κ2) is 8.75. The zero-order valence-electron chi connectivity index (χ0n) is 18.4. The Hall–Kier alpha value is -3.58. The molecule has 1 aromatic carbocycles. The summed E-state index contributed by atoms with van der Waals surface area (Å²) >= 11 is 5.81. The predicted molar refractivity (Wildman–Crippen MR) is 130 cm³/mol. The van der Waals surface area contributed by atoms with E-state index in [1.807, 2.05) is 48.7 Å². The molecule has 7 heteroatoms. The fourth-order valence-corrected chi connectivity index (χ4v) is 4.98. The number of pyridine rings is 2. The van der Waals surface area contributed by atoms with Gasteiger partial charge in [-0.05, 0) is 91.8 Å². The molecule has 0 saturated carbocycles. The van der Waals surface area contributed by atoms with E-state index >= 15 is 0 Å². The van der Waals surface area contributed by atoms with E-state index in [0.29, 0.717) is 11.7 Å². The summed E-state index contributed by atoms with van der Waals surface area (Å²) in [5.41, 5.74) is 6.34. The molecule has 4 aromatic rings. The van der Waals surface area contributed by atoms with Crippen LogP contribution in [-0.4, -0.2) is 24.5 Å². The Morgan fingerprint density at radius 2 is 1.76 bits per heavy atom. The van der Waals surface area contributed by atoms with Gasteiger partial charge < -0.3 is 14.8 Å². The Labute approximate surface area is 197 Å². The van der Waals surface area contributed by atoms with Gasteiger partial charge in [0.1, 0.15) is 5.82 Å². The number of nitrogens with one attached hydrogen (secondary N) is 1. The molecular formula is C26H24FN5S. The maximum absolute atomic E-state index is 13.5. The largest absolute Gasteiger partial charge is 0.352 e. The maximum atomic E-state index is 13.5. The van der Waals surface area contributed by atoms with Crippen molar-refractivity contribution in [2.24, 2.45) is 0 Å². The molecule has 0 amide bonds. The molecule has 1 N–H and O–H groups in total. The molecule has 1 fully saturated rings. The van der Waals surface area contributed by atoms with Crippen LogP contribution >= 0.6 is 12.2 Å². The highest BCUT2D eigenvalue weighted by Crippen LogP contribution is 2.42. The van der Waals surface area contributed by atoms with E-state index in [9.17, 15) is 4.39 Å². The molecule has 0 bridgehead atoms. The number of hydrogen-bond acceptors (Lipinski definition) is 3. The molecule has 0 spiro atoms. The van der Waals surface area contributed by atoms with Crippen LogP contribution in [0.25, 0.3) is 5.69 Å². The zero-order chi connectivity index (χ0) is 22.9. The number of aryl methyl sites for hydroxylation is 1. The molecule has 1 saturated heterocycles. The minimum absolute atomic E-state index is 0.0547. The number of hydrogen-bond donors (Lipinski definition) is 1. The number of rotatable bonds is 5. The highest BCUT2D eigenvalue weighted by molar-refractivity contribution is 7.80. The van der Waals surface area contributed by atoms with Gasteiger partial charge in [-0.15, -0.1) is 0 Å². The summed E-state index contributed by atoms with van der Waals surface area (Å²) in [6, 6.07) is 18.6. The van der Waals surface area contributed by atoms with Gasteiger partial charge in [0.15, 0.2) is 5.11 Å². The first-order chi connectivity index (χ1) is 16.0. The van der Waals surface area contributed by atoms with E-state index in [0.717, 1.165) is 33.9 Å². The number of aromatic nitrogens is 3. The van der Waals surface area contributed by atoms with Crippen LogP contribution in [0.3, 0.4) is 0 Å². The topological polar surface area (TPSA) is 46.0 Å². The molecular weight excluding hydrogens is 433 g/mol. The molecule has 4 heterocycles. The summed E-state index contributed by atoms with van der Waals surface area (Å²) in [5, 5.41) is 4.21. The van der Waals surface area contributed by atoms with E-state index in [2.05, 4.69) is 44.7 Å². The van der Waals surface area contributed by atoms with Crippen molar-refractivity contribution in [3.8, 4) is 5.69 Å². The van der Waals surface area contributed by atoms with Gasteiger partial charge in [-0.3, -0.25) is 9.97 Å². The van der Waals surface area contributed by atoms with Gasteiger partial charge >= 0.3 is 0 Å². The van der Waals surface area contributed by atoms with Crippen molar-refractivity contribution < 1.29 is 4.39 Å². The Kier molecular flexibility index (Phi) is 5.64. The van der Waals surface area contributed by atoms with Gasteiger partial charge in [0.25, 0.3) is 0 Å². The van der Waals surface area contributed by atoms with Crippen LogP contribution in [0.4, 0.5) is 4.39 Å². The van der Waals surface area contributed by atoms with E-state index in [-0.39, 0.29) is 17.9 Å². The van der Waals surface area contributed by atoms with Gasteiger partial charge in [0.05, 0.1) is 17.8 Å². The van der Waals surface area contributed by atoms with E-state index in [1.54, 1.807) is 12.4 Å². The highest BCUT2D eigenvalue weighted by atomic mass is 32.1. The highest BCUT2D eigenvalue weighted by Gasteiger charge is 2.41. The number of nitrogens with zero attached hydrogens (tertiary/aromatic N) is 4. The summed E-state index contributed by atoms with van der Waals surface area (Å²) in [5.74, 6) is -0.245. The Morgan fingerprint density at radius 1 is 1.00 bits per heavy atom. The third-order valence-electron chi connectivity index (χ3n) is 6.17. The van der Waals surface area contributed by atoms with Crippen LogP contribution in [0, 0.1) is 19.7 Å². The lowest BCUT2D eigenvalue weighted by atomic mass is 9.96. The van der Waals surface area contributed by atoms with Gasteiger partial charge in [-0.2, -0.15) is 0 Å². The van der Waals surface area contributed by atoms with Crippen molar-refractivity contribution in [1.82, 2.24) is 24.8 Å². The average molecular weight is 458 g/mol. The molecule has 2 atom stereocenters. The summed E-state index contributed by atoms with van der Waals surface area (Å²) in [7, 11) is 0. The SMILES string of the molecule is Cc1cc([C@@H]2[C@H](c3ccccn3)NC(=S)N2Cc2ccncc2)c(C)n1-c1ccc(F)cc1. The van der Waals surface area contributed by atoms with Crippen LogP contribution in [0.15, 0.2) is 79.3 Å². The fraction of sp³-hybridized carbons (Fsp3) is 0.192. The minimum Gasteiger partial charge on any atom is -0.352 e. The first-order valence-corrected chi connectivity index (χ1v) is 11.3. The van der Waals surface area contributed by atoms with Crippen molar-refractivity contribution in [3.63, 3.8) is 0 Å². The molecule has 166 valence electrons. The molecule has 0 unspecified atom stereocenters. The number of benzene rings is 1. The normalized spacial score (nSPS) is 17.9. The zero-order valence-corrected chi connectivity index (χ0v) is 19.3. The van der Waals surface area contributed by atoms with E-state index < -0.39 is 0 Å². The van der Waals surface area contributed by atoms with Crippen molar-refractivity contribution >= 4 is 17.3 Å². The third-order valence-corrected chi connectivity index (χ3v) is 6.53. The Balaban J connectivity index is 1.61. The van der Waals surface area contributed by atoms with Crippen LogP contribution in [0.2, 0.25) is 0 Å². The summed E-state index contributed by atoms with van der Waals surface area (Å²) in [4.78, 5) is 11.0. The van der Waals surface area contributed by atoms with Crippen LogP contribution in [0.5, 0.6) is 0 Å². The van der Waals surface area contributed by atoms with E-state index in [4.69, 9.17) is 12.2 Å². The van der Waals surface area contributed by atoms with Crippen molar-refractivity contribution in [3.05, 3.63) is 113 Å². The summed E-state index contributed by atoms with van der Waals surface area (Å²) in [6.07, 6.45) is 5.41. The molecule has 3 aromatic heterocycles. The third kappa shape index (κ3) is 4.00. The Bertz CT molecular complexity index is 1270. The van der Waals surface area contributed by atoms with Crippen molar-refractivity contribution in [2.45, 2.75) is 32.5 Å². The van der Waals surface area contributed by atoms with Gasteiger partial charge in [-0.25, -0.2) is 4.39 Å². The monoisotopic (exact) mass is 457 g/mol. The lowest BCUT2D eigenvalue weighted by Crippen LogP contribution is -2.29. The predicted octanol–water partition coefficient (Wildman–Crippen LogP) is 5.20. The minimum atomic E-state index is -0.245. The van der Waals surface area contributed by atoms with Gasteiger partial charge in [0.2, 0.25) is 0 Å². The Morgan fingerprint density at radius 3 is 2.45 bits per heavy atom. The second-order valence-corrected chi connectivity index (χ2v) is 8.63. The molecule has 33 heavy (non-hydrogen) atoms. The first kappa shape index (κ1) is 21.3. The molecule has 1 aliphatic heterocycles. The first-order valence-electron chi connectivity index (χ1n) is 10.8. The quantitative estimate of drug-likeness (QED) is 0.418. The fourth-order valence-electron chi connectivity index (χ4n) is 4.67. The molecule has 5 rings (SSSR count). The number of thiocarbonyl (C=S) groups is 1. The number of halogens is 1. The lowest BCUT2D eigenvalue weighted by Gasteiger charge is -2.28. The van der Waals surface area contributed by atoms with Crippen LogP contribution < -0.4 is 5.32 Å². The van der Waals surface area contributed by atoms with Gasteiger partial charge in [0, 0.05) is 42.2 Å². The van der Waals surface area contributed by atoms with Crippen LogP contribution in [-0.2, 0) is 6.54 Å². The van der Waals surface area contributed by atoms with Crippen LogP contribution in [0.1, 0.15) is 40.3 Å². The lowest BCUT2D eigenvalue weighted by molar-refractivity contribution is 0.310. The average Bonchev–Trinajstić information content (AvgIpc) is 3.31. The second-order valence-electron chi connectivity index (χ2n) is 8.25. The standard InChI is InChI=1S/C26H24FN5S/c1-17-15-22(18(2)32(17)21-8-6-20(27)7-9-21)25-24(23-5-3-4-12-29-23)30-26(33)31(25)16-19-10-13-28-14-11-19/h3-15,24-25H,16H2,1-2H3,(H,30,33)/t24-,25+/m0/s1. The molecule has 5 nitrogen and oxygen atoms in total. The maximum Gasteiger partial charge on any atom is 0.170 e. The molecule has 0 aliphatic carbocycles. The molecule has 1 aliphatic rings. The summed E-state index contributed by atoms with van der Waals surface area (Å²) in [6.45, 7) is 4.83. The summed E-state index contributed by atoms with van der Waals surface area (Å²) < 4.78 is 15.7. The van der Waals surface area contributed by atoms with E-state index in [1.165, 1.54) is 12.1 Å².